The summed E-state index contributed by atoms with van der Waals surface area (Å²) in [6.07, 6.45) is 8.85. The van der Waals surface area contributed by atoms with Crippen LogP contribution in [0, 0.1) is 28.2 Å². The van der Waals surface area contributed by atoms with Crippen LogP contribution in [0.4, 0.5) is 13.2 Å². The summed E-state index contributed by atoms with van der Waals surface area (Å²) in [6, 6.07) is 37.2. The van der Waals surface area contributed by atoms with Gasteiger partial charge in [-0.3, -0.25) is 0 Å². The molecule has 342 valence electrons. The van der Waals surface area contributed by atoms with Crippen LogP contribution >= 0.6 is 24.8 Å². The van der Waals surface area contributed by atoms with Crippen LogP contribution in [0.3, 0.4) is 0 Å². The Hall–Kier alpha value is -2.43. The van der Waals surface area contributed by atoms with E-state index in [0.717, 1.165) is 11.8 Å². The van der Waals surface area contributed by atoms with Crippen molar-refractivity contribution in [1.29, 1.82) is 0 Å². The predicted octanol–water partition coefficient (Wildman–Crippen LogP) is 18.4. The topological polar surface area (TPSA) is 0 Å². The Balaban J connectivity index is 0.000000357. The van der Waals surface area contributed by atoms with Gasteiger partial charge in [0.2, 0.25) is 0 Å². The van der Waals surface area contributed by atoms with Gasteiger partial charge in [-0.2, -0.15) is 24.3 Å². The van der Waals surface area contributed by atoms with E-state index in [1.807, 2.05) is 0 Å². The fourth-order valence-electron chi connectivity index (χ4n) is 9.80. The van der Waals surface area contributed by atoms with Crippen molar-refractivity contribution in [2.24, 2.45) is 0 Å². The number of fused-ring (bicyclic) bond motifs is 2. The second kappa shape index (κ2) is 24.9. The van der Waals surface area contributed by atoms with Crippen LogP contribution in [-0.4, -0.2) is 13.1 Å². The first kappa shape index (κ1) is 56.7. The summed E-state index contributed by atoms with van der Waals surface area (Å²) < 4.78 is 32.2. The Morgan fingerprint density at radius 3 is 1.13 bits per heavy atom. The number of hydrogen-bond donors (Lipinski definition) is 0. The molecule has 0 amide bonds. The van der Waals surface area contributed by atoms with Gasteiger partial charge in [0.15, 0.2) is 0 Å². The van der Waals surface area contributed by atoms with Crippen LogP contribution < -0.4 is 0 Å². The molecular formula is C56H71Cl2F3SiZr-4. The van der Waals surface area contributed by atoms with Gasteiger partial charge in [0.05, 0.1) is 0 Å². The van der Waals surface area contributed by atoms with Gasteiger partial charge in [0.25, 0.3) is 0 Å². The summed E-state index contributed by atoms with van der Waals surface area (Å²) in [6.45, 7) is 24.2. The normalized spacial score (nSPS) is 14.7. The van der Waals surface area contributed by atoms with Crippen molar-refractivity contribution >= 4 is 53.2 Å². The van der Waals surface area contributed by atoms with Crippen LogP contribution in [0.25, 0.3) is 43.8 Å². The molecule has 0 N–H and O–H groups in total. The van der Waals surface area contributed by atoms with E-state index in [9.17, 15) is 13.2 Å². The van der Waals surface area contributed by atoms with E-state index < -0.39 is 12.6 Å². The fraction of sp³-hybridized carbons (Fsp3) is 0.429. The van der Waals surface area contributed by atoms with E-state index in [1.54, 1.807) is 0 Å². The summed E-state index contributed by atoms with van der Waals surface area (Å²) >= 11 is 1.36. The van der Waals surface area contributed by atoms with Crippen molar-refractivity contribution in [3.8, 4) is 22.3 Å². The molecule has 2 radical (unpaired) electrons. The van der Waals surface area contributed by atoms with Crippen molar-refractivity contribution in [3.05, 3.63) is 145 Å². The van der Waals surface area contributed by atoms with Crippen LogP contribution in [0.5, 0.6) is 0 Å². The second-order valence-corrected chi connectivity index (χ2v) is 19.2. The van der Waals surface area contributed by atoms with E-state index in [2.05, 4.69) is 166 Å². The molecule has 6 aromatic carbocycles. The molecule has 8 rings (SSSR count). The van der Waals surface area contributed by atoms with Gasteiger partial charge in [-0.15, -0.1) is 93.9 Å². The van der Waals surface area contributed by atoms with E-state index in [-0.39, 0.29) is 43.1 Å². The molecule has 0 bridgehead atoms. The molecule has 7 heteroatoms. The summed E-state index contributed by atoms with van der Waals surface area (Å²) in [5.41, 5.74) is 14.7. The molecule has 0 unspecified atom stereocenters. The standard InChI is InChI=1S/2C26H31.C3H4F3.CH3.2ClH.Si.Zr/c2*1-18-24(26(2,3)4)17-22-11-8-12-23(25(18)22)21-15-13-20(14-16-21)19-9-6-5-7-10-19;1-2-3(4,5)6;;;;;/h2*8,11-17,19H,5-7,9-10H2,1-4H3;1-2H2;1H3;2*1H;;/q4*-1;;;;. The summed E-state index contributed by atoms with van der Waals surface area (Å²) in [4.78, 5) is 0. The van der Waals surface area contributed by atoms with Crippen molar-refractivity contribution in [3.63, 3.8) is 0 Å². The summed E-state index contributed by atoms with van der Waals surface area (Å²) in [5.74, 6) is 1.56. The molecule has 2 fully saturated rings. The molecule has 2 aliphatic carbocycles. The molecule has 0 nitrogen and oxygen atoms in total. The number of rotatable bonds is 4. The predicted molar refractivity (Wildman–Crippen MR) is 271 cm³/mol. The monoisotopic (exact) mass is 988 g/mol. The molecule has 0 spiro atoms. The maximum absolute atomic E-state index is 10.7. The number of aryl methyl sites for hydroxylation is 2. The molecule has 6 aromatic rings. The van der Waals surface area contributed by atoms with E-state index in [0.29, 0.717) is 0 Å². The van der Waals surface area contributed by atoms with Crippen LogP contribution in [-0.2, 0) is 34.2 Å². The van der Waals surface area contributed by atoms with Crippen molar-refractivity contribution < 1.29 is 36.5 Å². The maximum atomic E-state index is 10.7. The second-order valence-electron chi connectivity index (χ2n) is 19.2. The molecule has 0 heterocycles. The summed E-state index contributed by atoms with van der Waals surface area (Å²) in [5, 5.41) is 5.62. The zero-order valence-electron chi connectivity index (χ0n) is 39.3. The zero-order valence-corrected chi connectivity index (χ0v) is 44.4. The SMILES string of the molecule is Cc1c(C(C)(C)C)[cH-]c2cccc(-c3ccc(C4CCCCC4)cc3)c12.Cc1c(C(C)(C)C)[cH-]c2cccc(-c3ccc(C4CCCCC4)cc3)c12.Cl.Cl.[CH2-]CC(F)(F)F.[CH3-].[Si]=[Zr]. The summed E-state index contributed by atoms with van der Waals surface area (Å²) in [7, 11) is 0. The zero-order chi connectivity index (χ0) is 43.8. The molecule has 63 heavy (non-hydrogen) atoms. The molecular weight excluding hydrogens is 920 g/mol. The van der Waals surface area contributed by atoms with E-state index >= 15 is 0 Å². The molecule has 0 saturated heterocycles. The Morgan fingerprint density at radius 1 is 0.556 bits per heavy atom. The van der Waals surface area contributed by atoms with Gasteiger partial charge < -0.3 is 14.4 Å². The van der Waals surface area contributed by atoms with E-state index in [1.165, 1.54) is 165 Å². The minimum absolute atomic E-state index is 0. The van der Waals surface area contributed by atoms with Crippen LogP contribution in [0.1, 0.15) is 157 Å². The molecule has 2 aliphatic rings. The van der Waals surface area contributed by atoms with Crippen LogP contribution in [0.15, 0.2) is 97.1 Å². The third-order valence-electron chi connectivity index (χ3n) is 12.8. The Kier molecular flexibility index (Phi) is 22.4. The average Bonchev–Trinajstić information content (AvgIpc) is 3.79. The Morgan fingerprint density at radius 2 is 0.857 bits per heavy atom. The molecule has 2 saturated carbocycles. The Labute approximate surface area is 408 Å². The van der Waals surface area contributed by atoms with Gasteiger partial charge in [0, 0.05) is 0 Å². The minimum atomic E-state index is -4.07. The average molecular weight is 991 g/mol. The molecule has 0 aromatic heterocycles. The first-order valence-corrected chi connectivity index (χ1v) is 26.4. The van der Waals surface area contributed by atoms with Gasteiger partial charge >= 0.3 is 36.4 Å². The number of hydrogen-bond acceptors (Lipinski definition) is 0. The fourth-order valence-corrected chi connectivity index (χ4v) is 9.80. The van der Waals surface area contributed by atoms with Gasteiger partial charge in [0.1, 0.15) is 0 Å². The number of benzene rings is 4. The third-order valence-corrected chi connectivity index (χ3v) is 12.8. The van der Waals surface area contributed by atoms with Gasteiger partial charge in [-0.25, -0.2) is 0 Å². The first-order valence-electron chi connectivity index (χ1n) is 22.2. The van der Waals surface area contributed by atoms with Gasteiger partial charge in [-0.05, 0) is 70.6 Å². The van der Waals surface area contributed by atoms with Crippen molar-refractivity contribution in [1.82, 2.24) is 0 Å². The first-order chi connectivity index (χ1) is 28.5. The Bertz CT molecular complexity index is 2120. The molecule has 0 aliphatic heterocycles. The van der Waals surface area contributed by atoms with Crippen molar-refractivity contribution in [2.75, 3.05) is 0 Å². The third kappa shape index (κ3) is 14.5. The van der Waals surface area contributed by atoms with Crippen LogP contribution in [0.2, 0.25) is 0 Å². The van der Waals surface area contributed by atoms with Crippen molar-refractivity contribution in [2.45, 2.75) is 155 Å². The number of halogens is 5. The van der Waals surface area contributed by atoms with E-state index in [4.69, 9.17) is 0 Å². The molecule has 0 atom stereocenters. The number of alkyl halides is 3. The quantitative estimate of drug-likeness (QED) is 0.122. The van der Waals surface area contributed by atoms with Gasteiger partial charge in [-0.1, -0.05) is 172 Å².